The second kappa shape index (κ2) is 17.9. The number of anilines is 1. The van der Waals surface area contributed by atoms with Gasteiger partial charge >= 0.3 is 5.97 Å². The lowest BCUT2D eigenvalue weighted by Crippen LogP contribution is -2.56. The number of nitrogens with one attached hydrogen (secondary N) is 1. The second-order valence-corrected chi connectivity index (χ2v) is 17.6. The van der Waals surface area contributed by atoms with Crippen LogP contribution in [0.2, 0.25) is 0 Å². The van der Waals surface area contributed by atoms with Crippen LogP contribution in [0.3, 0.4) is 0 Å². The van der Waals surface area contributed by atoms with Crippen LogP contribution in [-0.4, -0.2) is 87.7 Å². The van der Waals surface area contributed by atoms with Crippen LogP contribution in [-0.2, 0) is 44.0 Å². The number of aliphatic hydroxyl groups is 1. The Labute approximate surface area is 398 Å². The van der Waals surface area contributed by atoms with Crippen molar-refractivity contribution >= 4 is 34.5 Å². The smallest absolute Gasteiger partial charge is 0.324 e. The highest BCUT2D eigenvalue weighted by molar-refractivity contribution is 6.12. The number of amides is 2. The van der Waals surface area contributed by atoms with E-state index < -0.39 is 47.4 Å². The van der Waals surface area contributed by atoms with Crippen LogP contribution in [0.4, 0.5) is 5.69 Å². The lowest BCUT2D eigenvalue weighted by Gasteiger charge is -2.46. The molecule has 0 aliphatic carbocycles. The Morgan fingerprint density at radius 1 is 0.826 bits per heavy atom. The molecule has 1 spiro atoms. The number of benzene rings is 6. The highest BCUT2D eigenvalue weighted by Gasteiger charge is 2.74. The fourth-order valence-corrected chi connectivity index (χ4v) is 11.1. The van der Waals surface area contributed by atoms with Gasteiger partial charge < -0.3 is 34.3 Å². The van der Waals surface area contributed by atoms with Gasteiger partial charge in [0.1, 0.15) is 42.0 Å². The monoisotopic (exact) mass is 920 g/mol. The maximum atomic E-state index is 16.2. The van der Waals surface area contributed by atoms with Crippen LogP contribution in [0.5, 0.6) is 17.2 Å². The van der Waals surface area contributed by atoms with Crippen molar-refractivity contribution in [1.29, 1.82) is 0 Å². The average Bonchev–Trinajstić information content (AvgIpc) is 4.05. The summed E-state index contributed by atoms with van der Waals surface area (Å²) in [6.45, 7) is 0.580. The molecule has 69 heavy (non-hydrogen) atoms. The number of aromatic nitrogens is 3. The van der Waals surface area contributed by atoms with E-state index in [4.69, 9.17) is 18.9 Å². The topological polar surface area (TPSA) is 158 Å². The maximum Gasteiger partial charge on any atom is 0.324 e. The summed E-state index contributed by atoms with van der Waals surface area (Å²) < 4.78 is 25.8. The maximum absolute atomic E-state index is 16.2. The van der Waals surface area contributed by atoms with Gasteiger partial charge in [0.05, 0.1) is 44.3 Å². The van der Waals surface area contributed by atoms with E-state index in [2.05, 4.69) is 32.4 Å². The third kappa shape index (κ3) is 7.33. The van der Waals surface area contributed by atoms with Gasteiger partial charge in [0.25, 0.3) is 0 Å². The zero-order valence-electron chi connectivity index (χ0n) is 37.9. The van der Waals surface area contributed by atoms with E-state index in [-0.39, 0.29) is 32.2 Å². The predicted octanol–water partition coefficient (Wildman–Crippen LogP) is 6.73. The molecule has 6 atom stereocenters. The Morgan fingerprint density at radius 2 is 1.55 bits per heavy atom. The third-order valence-electron chi connectivity index (χ3n) is 14.0. The van der Waals surface area contributed by atoms with Crippen molar-refractivity contribution in [3.63, 3.8) is 0 Å². The van der Waals surface area contributed by atoms with Crippen molar-refractivity contribution in [3.05, 3.63) is 178 Å². The predicted molar refractivity (Wildman–Crippen MR) is 255 cm³/mol. The molecule has 2 saturated heterocycles. The molecule has 2 amide bonds. The van der Waals surface area contributed by atoms with E-state index in [0.717, 1.165) is 33.3 Å². The Morgan fingerprint density at radius 3 is 2.32 bits per heavy atom. The minimum Gasteiger partial charge on any atom is -0.493 e. The molecule has 6 aromatic carbocycles. The van der Waals surface area contributed by atoms with Crippen molar-refractivity contribution in [2.75, 3.05) is 39.3 Å². The summed E-state index contributed by atoms with van der Waals surface area (Å²) in [6.07, 6.45) is -0.335. The van der Waals surface area contributed by atoms with Gasteiger partial charge in [-0.05, 0) is 94.4 Å². The zero-order chi connectivity index (χ0) is 47.2. The van der Waals surface area contributed by atoms with E-state index >= 15 is 14.4 Å². The molecule has 4 aliphatic rings. The van der Waals surface area contributed by atoms with Crippen molar-refractivity contribution in [2.24, 2.45) is 5.92 Å². The number of methoxy groups -OCH3 is 2. The number of ether oxygens (including phenoxy) is 4. The minimum absolute atomic E-state index is 0.0323. The van der Waals surface area contributed by atoms with Crippen molar-refractivity contribution in [2.45, 2.75) is 49.2 Å². The first-order valence-electron chi connectivity index (χ1n) is 23.0. The molecular weight excluding hydrogens is 873 g/mol. The summed E-state index contributed by atoms with van der Waals surface area (Å²) in [5, 5.41) is 21.6. The molecule has 0 saturated carbocycles. The summed E-state index contributed by atoms with van der Waals surface area (Å²) in [7, 11) is 3.16. The Hall–Kier alpha value is -7.99. The number of cyclic esters (lactones) is 1. The van der Waals surface area contributed by atoms with Gasteiger partial charge in [0.2, 0.25) is 11.8 Å². The zero-order valence-corrected chi connectivity index (χ0v) is 37.9. The third-order valence-corrected chi connectivity index (χ3v) is 14.0. The van der Waals surface area contributed by atoms with Gasteiger partial charge in [-0.3, -0.25) is 19.3 Å². The van der Waals surface area contributed by atoms with Crippen LogP contribution < -0.4 is 19.5 Å². The number of carbonyl (C=O) groups excluding carboxylic acids is 3. The van der Waals surface area contributed by atoms with E-state index in [9.17, 15) is 5.11 Å². The number of fused-ring (bicyclic) bond motifs is 5. The molecule has 11 rings (SSSR count). The van der Waals surface area contributed by atoms with Crippen molar-refractivity contribution < 1.29 is 38.4 Å². The van der Waals surface area contributed by atoms with E-state index in [1.807, 2.05) is 133 Å². The molecule has 0 unspecified atom stereocenters. The highest BCUT2D eigenvalue weighted by atomic mass is 16.6. The number of hydrogen-bond acceptors (Lipinski definition) is 11. The largest absolute Gasteiger partial charge is 0.493 e. The Kier molecular flexibility index (Phi) is 11.3. The molecule has 1 aromatic heterocycles. The Bertz CT molecular complexity index is 3190. The molecule has 2 N–H and O–H groups in total. The van der Waals surface area contributed by atoms with Crippen LogP contribution in [0.1, 0.15) is 57.1 Å². The van der Waals surface area contributed by atoms with Crippen LogP contribution in [0.15, 0.2) is 140 Å². The van der Waals surface area contributed by atoms with Crippen LogP contribution in [0, 0.1) is 17.8 Å². The standard InChI is InChI=1S/C55H48N6O8/c1-66-45-31-37-24-26-59(33-39(37)32-46(45)67-2)52(63)47-49-53(64)69-50(36-16-7-4-8-17-36)48(35-14-5-3-6-15-35)61(49)51(38-18-11-19-40(30-38)68-28-27-62)55(47)41-29-34(22-23-42(41)56-54(55)65)13-12-25-60-44-21-10-9-20-43(44)57-58-60/h3-11,14-23,29-32,47-51,62H,24-28,33H2,1-2H3,(H,56,65)/t47-,48-,49-,50+,51+,55-/m0/s1. The Balaban J connectivity index is 1.13. The van der Waals surface area contributed by atoms with Gasteiger partial charge in [0, 0.05) is 24.3 Å². The minimum atomic E-state index is -1.75. The molecule has 0 radical (unpaired) electrons. The van der Waals surface area contributed by atoms with Gasteiger partial charge in [-0.25, -0.2) is 4.68 Å². The summed E-state index contributed by atoms with van der Waals surface area (Å²) in [5.41, 5.74) is 5.59. The number of aliphatic hydroxyl groups excluding tert-OH is 1. The molecule has 2 fully saturated rings. The summed E-state index contributed by atoms with van der Waals surface area (Å²) in [5.74, 6) is 5.40. The highest BCUT2D eigenvalue weighted by Crippen LogP contribution is 2.65. The first-order chi connectivity index (χ1) is 33.8. The molecule has 14 heteroatoms. The van der Waals surface area contributed by atoms with Gasteiger partial charge in [-0.2, -0.15) is 0 Å². The fraction of sp³-hybridized carbons (Fsp3) is 0.255. The first kappa shape index (κ1) is 43.6. The number of nitrogens with zero attached hydrogens (tertiary/aromatic N) is 5. The molecule has 4 aliphatic heterocycles. The normalized spacial score (nSPS) is 22.5. The van der Waals surface area contributed by atoms with Crippen molar-refractivity contribution in [3.8, 4) is 29.1 Å². The molecule has 346 valence electrons. The van der Waals surface area contributed by atoms with Gasteiger partial charge in [0.15, 0.2) is 11.5 Å². The number of hydrogen-bond donors (Lipinski definition) is 2. The fourth-order valence-electron chi connectivity index (χ4n) is 11.1. The van der Waals surface area contributed by atoms with Gasteiger partial charge in [-0.1, -0.05) is 102 Å². The second-order valence-electron chi connectivity index (χ2n) is 17.6. The van der Waals surface area contributed by atoms with E-state index in [1.165, 1.54) is 0 Å². The number of para-hydroxylation sites is 1. The van der Waals surface area contributed by atoms with Crippen LogP contribution in [0.25, 0.3) is 11.0 Å². The van der Waals surface area contributed by atoms with E-state index in [1.54, 1.807) is 29.9 Å². The molecule has 14 nitrogen and oxygen atoms in total. The summed E-state index contributed by atoms with van der Waals surface area (Å²) in [4.78, 5) is 51.4. The summed E-state index contributed by atoms with van der Waals surface area (Å²) in [6, 6.07) is 40.9. The lowest BCUT2D eigenvalue weighted by molar-refractivity contribution is -0.179. The first-order valence-corrected chi connectivity index (χ1v) is 23.0. The van der Waals surface area contributed by atoms with Crippen molar-refractivity contribution in [1.82, 2.24) is 24.8 Å². The van der Waals surface area contributed by atoms with Crippen LogP contribution >= 0.6 is 0 Å². The number of carbonyl (C=O) groups is 3. The van der Waals surface area contributed by atoms with Gasteiger partial charge in [-0.15, -0.1) is 5.10 Å². The number of esters is 1. The van der Waals surface area contributed by atoms with E-state index in [0.29, 0.717) is 52.6 Å². The summed E-state index contributed by atoms with van der Waals surface area (Å²) >= 11 is 0. The quantitative estimate of drug-likeness (QED) is 0.111. The molecule has 0 bridgehead atoms. The molecule has 5 heterocycles. The molecule has 7 aromatic rings. The number of rotatable bonds is 10. The number of morpholine rings is 1. The molecular formula is C55H48N6O8. The average molecular weight is 921 g/mol. The lowest BCUT2D eigenvalue weighted by atomic mass is 9.64. The SMILES string of the molecule is COc1cc2c(cc1OC)CN(C(=O)[C@@H]1[C@H]3C(=O)O[C@H](c4ccccc4)[C@H](c4ccccc4)N3[C@H](c3cccc(OCCO)c3)[C@@]13C(=O)Nc1ccc(C#CCn4nnc5ccccc54)cc13)CC2.